The van der Waals surface area contributed by atoms with E-state index in [1.54, 1.807) is 12.1 Å². The zero-order valence-corrected chi connectivity index (χ0v) is 20.3. The molecule has 1 amide bonds. The van der Waals surface area contributed by atoms with Gasteiger partial charge in [-0.2, -0.15) is 0 Å². The van der Waals surface area contributed by atoms with E-state index in [0.717, 1.165) is 25.8 Å². The van der Waals surface area contributed by atoms with Gasteiger partial charge < -0.3 is 4.57 Å². The number of amides is 1. The lowest BCUT2D eigenvalue weighted by molar-refractivity contribution is -0.117. The summed E-state index contributed by atoms with van der Waals surface area (Å²) in [7, 11) is 1.19. The van der Waals surface area contributed by atoms with Crippen LogP contribution in [-0.2, 0) is 34.7 Å². The summed E-state index contributed by atoms with van der Waals surface area (Å²) in [6, 6.07) is 6.58. The van der Waals surface area contributed by atoms with Gasteiger partial charge >= 0.3 is 0 Å². The molecule has 0 saturated carbocycles. The number of nitrogens with one attached hydrogen (secondary N) is 1. The van der Waals surface area contributed by atoms with Crippen LogP contribution in [0.25, 0.3) is 21.3 Å². The third-order valence-corrected chi connectivity index (χ3v) is 8.39. The Bertz CT molecular complexity index is 1530. The third-order valence-electron chi connectivity index (χ3n) is 5.40. The molecular formula is C21H24N6O4S2. The quantitative estimate of drug-likeness (QED) is 0.424. The largest absolute Gasteiger partial charge is 0.331 e. The number of carbonyl (C=O) groups is 1. The van der Waals surface area contributed by atoms with Crippen LogP contribution in [-0.4, -0.2) is 51.9 Å². The Hall–Kier alpha value is -3.09. The Kier molecular flexibility index (Phi) is 6.08. The van der Waals surface area contributed by atoms with E-state index in [2.05, 4.69) is 15.4 Å². The highest BCUT2D eigenvalue weighted by Crippen LogP contribution is 2.22. The molecule has 0 fully saturated rings. The monoisotopic (exact) mass is 488 g/mol. The molecule has 0 atom stereocenters. The highest BCUT2D eigenvalue weighted by atomic mass is 32.2. The highest BCUT2D eigenvalue weighted by molar-refractivity contribution is 7.89. The lowest BCUT2D eigenvalue weighted by Crippen LogP contribution is -2.33. The van der Waals surface area contributed by atoms with Crippen molar-refractivity contribution in [1.29, 1.82) is 0 Å². The minimum absolute atomic E-state index is 0.0916. The smallest absolute Gasteiger partial charge is 0.280 e. The van der Waals surface area contributed by atoms with Crippen molar-refractivity contribution in [3.8, 4) is 0 Å². The molecule has 4 aromatic rings. The molecule has 12 heteroatoms. The normalized spacial score (nSPS) is 12.2. The molecule has 4 rings (SSSR count). The van der Waals surface area contributed by atoms with Crippen molar-refractivity contribution >= 4 is 48.5 Å². The lowest BCUT2D eigenvalue weighted by atomic mass is 10.3. The molecule has 0 aliphatic rings. The number of aryl methyl sites for hydroxylation is 3. The fourth-order valence-electron chi connectivity index (χ4n) is 3.47. The Balaban J connectivity index is 1.51. The second-order valence-electron chi connectivity index (χ2n) is 7.76. The maximum atomic E-state index is 12.6. The molecule has 174 valence electrons. The van der Waals surface area contributed by atoms with Gasteiger partial charge in [0, 0.05) is 38.9 Å². The summed E-state index contributed by atoms with van der Waals surface area (Å²) in [4.78, 5) is 35.8. The lowest BCUT2D eigenvalue weighted by Gasteiger charge is -2.10. The number of hydrogen-bond acceptors (Lipinski definition) is 7. The zero-order chi connectivity index (χ0) is 23.9. The minimum Gasteiger partial charge on any atom is -0.331 e. The summed E-state index contributed by atoms with van der Waals surface area (Å²) in [5.74, 6) is 0.276. The van der Waals surface area contributed by atoms with Gasteiger partial charge in [-0.15, -0.1) is 11.3 Å². The van der Waals surface area contributed by atoms with Crippen LogP contribution in [0.4, 0.5) is 0 Å². The summed E-state index contributed by atoms with van der Waals surface area (Å²) in [5.41, 5.74) is 3.56. The molecule has 0 aliphatic carbocycles. The number of fused-ring (bicyclic) bond motifs is 2. The summed E-state index contributed by atoms with van der Waals surface area (Å²) in [5, 5.41) is 0.485. The predicted molar refractivity (Wildman–Crippen MR) is 128 cm³/mol. The second kappa shape index (κ2) is 8.69. The second-order valence-corrected chi connectivity index (χ2v) is 11.0. The van der Waals surface area contributed by atoms with Crippen molar-refractivity contribution in [3.05, 3.63) is 51.6 Å². The third kappa shape index (κ3) is 4.28. The van der Waals surface area contributed by atoms with E-state index in [0.29, 0.717) is 28.0 Å². The van der Waals surface area contributed by atoms with Gasteiger partial charge in [0.1, 0.15) is 17.0 Å². The molecule has 0 radical (unpaired) electrons. The molecule has 1 aromatic carbocycles. The number of hydrogen-bond donors (Lipinski definition) is 1. The number of imidazole rings is 1. The van der Waals surface area contributed by atoms with E-state index in [1.807, 2.05) is 24.6 Å². The standard InChI is InChI=1S/C21H24N6O4S2/c1-5-13-10-15-20(32-13)22-12-27(21(15)29)24-19(28)9-8-18-23-16-11-14(33(30,31)25(2)3)6-7-17(16)26(18)4/h6-7,10-12H,5,8-9H2,1-4H3,(H,24,28). The molecule has 0 unspecified atom stereocenters. The average molecular weight is 489 g/mol. The van der Waals surface area contributed by atoms with Gasteiger partial charge in [0.15, 0.2) is 0 Å². The van der Waals surface area contributed by atoms with Gasteiger partial charge in [-0.1, -0.05) is 6.92 Å². The first-order chi connectivity index (χ1) is 15.6. The van der Waals surface area contributed by atoms with Gasteiger partial charge in [0.2, 0.25) is 15.9 Å². The first-order valence-corrected chi connectivity index (χ1v) is 12.5. The van der Waals surface area contributed by atoms with Crippen LogP contribution in [0.15, 0.2) is 40.3 Å². The Morgan fingerprint density at radius 1 is 1.24 bits per heavy atom. The van der Waals surface area contributed by atoms with Crippen LogP contribution in [0.2, 0.25) is 0 Å². The summed E-state index contributed by atoms with van der Waals surface area (Å²) in [6.45, 7) is 2.01. The number of aromatic nitrogens is 4. The van der Waals surface area contributed by atoms with Crippen molar-refractivity contribution in [2.24, 2.45) is 7.05 Å². The number of thiophene rings is 1. The van der Waals surface area contributed by atoms with Crippen LogP contribution in [0.5, 0.6) is 0 Å². The van der Waals surface area contributed by atoms with E-state index in [-0.39, 0.29) is 22.8 Å². The first kappa shape index (κ1) is 23.1. The maximum Gasteiger partial charge on any atom is 0.280 e. The summed E-state index contributed by atoms with van der Waals surface area (Å²) < 4.78 is 28.9. The molecule has 3 aromatic heterocycles. The molecule has 0 saturated heterocycles. The van der Waals surface area contributed by atoms with Gasteiger partial charge in [-0.25, -0.2) is 27.4 Å². The van der Waals surface area contributed by atoms with Crippen molar-refractivity contribution in [2.45, 2.75) is 31.1 Å². The van der Waals surface area contributed by atoms with E-state index in [4.69, 9.17) is 0 Å². The average Bonchev–Trinajstić information content (AvgIpc) is 3.35. The van der Waals surface area contributed by atoms with Gasteiger partial charge in [0.25, 0.3) is 5.56 Å². The van der Waals surface area contributed by atoms with Crippen LogP contribution < -0.4 is 11.0 Å². The topological polar surface area (TPSA) is 119 Å². The predicted octanol–water partition coefficient (Wildman–Crippen LogP) is 1.86. The van der Waals surface area contributed by atoms with Crippen molar-refractivity contribution in [1.82, 2.24) is 23.5 Å². The van der Waals surface area contributed by atoms with E-state index >= 15 is 0 Å². The number of nitrogens with zero attached hydrogens (tertiary/aromatic N) is 5. The number of benzene rings is 1. The van der Waals surface area contributed by atoms with Crippen LogP contribution in [0.1, 0.15) is 24.0 Å². The minimum atomic E-state index is -3.57. The van der Waals surface area contributed by atoms with Crippen LogP contribution in [0, 0.1) is 0 Å². The highest BCUT2D eigenvalue weighted by Gasteiger charge is 2.19. The van der Waals surface area contributed by atoms with Gasteiger partial charge in [-0.05, 0) is 30.7 Å². The summed E-state index contributed by atoms with van der Waals surface area (Å²) in [6.07, 6.45) is 2.54. The van der Waals surface area contributed by atoms with Crippen LogP contribution >= 0.6 is 11.3 Å². The van der Waals surface area contributed by atoms with E-state index in [1.165, 1.54) is 37.8 Å². The summed E-state index contributed by atoms with van der Waals surface area (Å²) >= 11 is 1.47. The Labute approximate surface area is 194 Å². The van der Waals surface area contributed by atoms with Crippen molar-refractivity contribution < 1.29 is 13.2 Å². The fraction of sp³-hybridized carbons (Fsp3) is 0.333. The van der Waals surface area contributed by atoms with E-state index < -0.39 is 10.0 Å². The van der Waals surface area contributed by atoms with Crippen molar-refractivity contribution in [2.75, 3.05) is 19.5 Å². The Morgan fingerprint density at radius 2 is 2.00 bits per heavy atom. The molecule has 1 N–H and O–H groups in total. The molecule has 3 heterocycles. The number of rotatable bonds is 7. The fourth-order valence-corrected chi connectivity index (χ4v) is 5.31. The first-order valence-electron chi connectivity index (χ1n) is 10.3. The number of carbonyl (C=O) groups excluding carboxylic acids is 1. The maximum absolute atomic E-state index is 12.6. The molecule has 0 aliphatic heterocycles. The molecule has 0 spiro atoms. The number of sulfonamides is 1. The molecule has 0 bridgehead atoms. The van der Waals surface area contributed by atoms with E-state index in [9.17, 15) is 18.0 Å². The Morgan fingerprint density at radius 3 is 2.70 bits per heavy atom. The van der Waals surface area contributed by atoms with Gasteiger partial charge in [-0.3, -0.25) is 15.0 Å². The molecular weight excluding hydrogens is 464 g/mol. The molecule has 10 nitrogen and oxygen atoms in total. The zero-order valence-electron chi connectivity index (χ0n) is 18.7. The SMILES string of the molecule is CCc1cc2c(=O)n(NC(=O)CCc3nc4cc(S(=O)(=O)N(C)C)ccc4n3C)cnc2s1. The van der Waals surface area contributed by atoms with Gasteiger partial charge in [0.05, 0.1) is 21.3 Å². The van der Waals surface area contributed by atoms with Crippen molar-refractivity contribution in [3.63, 3.8) is 0 Å². The molecule has 33 heavy (non-hydrogen) atoms. The van der Waals surface area contributed by atoms with Crippen LogP contribution in [0.3, 0.4) is 0 Å².